The Bertz CT molecular complexity index is 1640. The molecule has 1 aromatic heterocycles. The highest BCUT2D eigenvalue weighted by Gasteiger charge is 2.18. The minimum absolute atomic E-state index is 0.147. The van der Waals surface area contributed by atoms with Crippen LogP contribution in [-0.2, 0) is 13.0 Å². The second-order valence-electron chi connectivity index (χ2n) is 8.80. The smallest absolute Gasteiger partial charge is 0.335 e. The van der Waals surface area contributed by atoms with Gasteiger partial charge in [0.25, 0.3) is 5.56 Å². The molecule has 208 valence electrons. The third-order valence-corrected chi connectivity index (χ3v) is 7.92. The van der Waals surface area contributed by atoms with Crippen LogP contribution in [0.1, 0.15) is 54.0 Å². The highest BCUT2D eigenvalue weighted by Crippen LogP contribution is 2.42. The summed E-state index contributed by atoms with van der Waals surface area (Å²) in [5.74, 6) is 0.299. The number of aromatic carboxylic acids is 1. The van der Waals surface area contributed by atoms with E-state index in [4.69, 9.17) is 31.2 Å². The van der Waals surface area contributed by atoms with Gasteiger partial charge in [0.05, 0.1) is 29.3 Å². The lowest BCUT2D eigenvalue weighted by Crippen LogP contribution is -2.22. The standard InChI is InChI=1S/C29H26Br2ClN3O5/c1-3-5-6-24-34-22-12-11-20(30)14-21(22)28(36)35(24)33-15-19-13-23(39-4-2)27(26(32)25(19)31)40-16-17-7-9-18(10-8-17)29(37)38/h7-15H,3-6,16H2,1-2H3,(H,37,38). The van der Waals surface area contributed by atoms with Gasteiger partial charge in [-0.3, -0.25) is 4.79 Å². The number of rotatable bonds is 11. The molecule has 1 heterocycles. The van der Waals surface area contributed by atoms with Crippen molar-refractivity contribution in [2.24, 2.45) is 5.10 Å². The molecule has 0 saturated carbocycles. The fourth-order valence-electron chi connectivity index (χ4n) is 3.93. The van der Waals surface area contributed by atoms with Crippen LogP contribution in [-0.4, -0.2) is 33.6 Å². The van der Waals surface area contributed by atoms with Gasteiger partial charge in [0.1, 0.15) is 17.5 Å². The molecule has 0 atom stereocenters. The second kappa shape index (κ2) is 13.4. The van der Waals surface area contributed by atoms with Crippen LogP contribution in [0.4, 0.5) is 0 Å². The van der Waals surface area contributed by atoms with E-state index in [1.165, 1.54) is 23.0 Å². The van der Waals surface area contributed by atoms with Gasteiger partial charge in [0.15, 0.2) is 11.5 Å². The van der Waals surface area contributed by atoms with Crippen molar-refractivity contribution in [2.45, 2.75) is 39.7 Å². The first-order valence-electron chi connectivity index (χ1n) is 12.6. The van der Waals surface area contributed by atoms with E-state index in [0.29, 0.717) is 51.3 Å². The Morgan fingerprint density at radius 3 is 2.55 bits per heavy atom. The Morgan fingerprint density at radius 2 is 1.88 bits per heavy atom. The number of aromatic nitrogens is 2. The van der Waals surface area contributed by atoms with Crippen molar-refractivity contribution in [1.29, 1.82) is 0 Å². The van der Waals surface area contributed by atoms with Crippen molar-refractivity contribution >= 4 is 66.5 Å². The Labute approximate surface area is 252 Å². The first-order chi connectivity index (χ1) is 19.2. The minimum Gasteiger partial charge on any atom is -0.490 e. The van der Waals surface area contributed by atoms with Crippen LogP contribution in [0.5, 0.6) is 11.5 Å². The topological polar surface area (TPSA) is 103 Å². The Hall–Kier alpha value is -3.21. The van der Waals surface area contributed by atoms with Crippen LogP contribution >= 0.6 is 43.5 Å². The number of nitrogens with zero attached hydrogens (tertiary/aromatic N) is 3. The molecule has 0 aliphatic heterocycles. The summed E-state index contributed by atoms with van der Waals surface area (Å²) >= 11 is 13.7. The number of halogens is 3. The number of ether oxygens (including phenoxy) is 2. The highest BCUT2D eigenvalue weighted by atomic mass is 79.9. The number of unbranched alkanes of at least 4 members (excludes halogenated alkanes) is 1. The first-order valence-corrected chi connectivity index (χ1v) is 14.5. The Balaban J connectivity index is 1.70. The molecule has 0 saturated heterocycles. The normalized spacial score (nSPS) is 11.3. The summed E-state index contributed by atoms with van der Waals surface area (Å²) in [6.45, 7) is 4.43. The molecule has 0 aliphatic rings. The van der Waals surface area contributed by atoms with E-state index >= 15 is 0 Å². The number of fused-ring (bicyclic) bond motifs is 1. The molecule has 0 amide bonds. The fraction of sp³-hybridized carbons (Fsp3) is 0.241. The summed E-state index contributed by atoms with van der Waals surface area (Å²) in [6, 6.07) is 13.5. The molecule has 4 rings (SSSR count). The van der Waals surface area contributed by atoms with E-state index in [1.807, 2.05) is 19.1 Å². The first kappa shape index (κ1) is 29.8. The van der Waals surface area contributed by atoms with Crippen molar-refractivity contribution in [3.63, 3.8) is 0 Å². The van der Waals surface area contributed by atoms with Gasteiger partial charge in [-0.1, -0.05) is 53.0 Å². The summed E-state index contributed by atoms with van der Waals surface area (Å²) in [6.07, 6.45) is 3.94. The SMILES string of the molecule is CCCCc1nc2ccc(Br)cc2c(=O)n1N=Cc1cc(OCC)c(OCc2ccc(C(=O)O)cc2)c(Cl)c1Br. The zero-order chi connectivity index (χ0) is 28.8. The zero-order valence-corrected chi connectivity index (χ0v) is 25.7. The molecular weight excluding hydrogens is 666 g/mol. The largest absolute Gasteiger partial charge is 0.490 e. The average molecular weight is 692 g/mol. The molecule has 0 fully saturated rings. The maximum absolute atomic E-state index is 13.4. The Kier molecular flexibility index (Phi) is 9.99. The molecule has 4 aromatic rings. The van der Waals surface area contributed by atoms with Crippen molar-refractivity contribution in [2.75, 3.05) is 6.61 Å². The number of carboxylic acid groups (broad SMARTS) is 1. The quantitative estimate of drug-likeness (QED) is 0.164. The summed E-state index contributed by atoms with van der Waals surface area (Å²) in [5, 5.41) is 14.4. The van der Waals surface area contributed by atoms with Gasteiger partial charge in [0, 0.05) is 20.9 Å². The highest BCUT2D eigenvalue weighted by molar-refractivity contribution is 9.10. The van der Waals surface area contributed by atoms with E-state index in [9.17, 15) is 9.59 Å². The van der Waals surface area contributed by atoms with Gasteiger partial charge in [-0.15, -0.1) is 0 Å². The predicted octanol–water partition coefficient (Wildman–Crippen LogP) is 7.48. The average Bonchev–Trinajstić information content (AvgIpc) is 2.94. The van der Waals surface area contributed by atoms with Gasteiger partial charge in [-0.2, -0.15) is 9.78 Å². The lowest BCUT2D eigenvalue weighted by Gasteiger charge is -2.16. The van der Waals surface area contributed by atoms with Crippen molar-refractivity contribution in [3.05, 3.63) is 95.4 Å². The van der Waals surface area contributed by atoms with Crippen LogP contribution in [0, 0.1) is 0 Å². The second-order valence-corrected chi connectivity index (χ2v) is 10.9. The van der Waals surface area contributed by atoms with E-state index in [1.54, 1.807) is 24.3 Å². The van der Waals surface area contributed by atoms with Crippen LogP contribution in [0.15, 0.2) is 67.4 Å². The molecule has 0 unspecified atom stereocenters. The number of benzene rings is 3. The molecular formula is C29H26Br2ClN3O5. The van der Waals surface area contributed by atoms with Gasteiger partial charge in [0.2, 0.25) is 0 Å². The third-order valence-electron chi connectivity index (χ3n) is 5.98. The van der Waals surface area contributed by atoms with E-state index in [-0.39, 0.29) is 22.8 Å². The monoisotopic (exact) mass is 689 g/mol. The molecule has 0 spiro atoms. The van der Waals surface area contributed by atoms with Crippen LogP contribution in [0.25, 0.3) is 10.9 Å². The number of aryl methyl sites for hydroxylation is 1. The van der Waals surface area contributed by atoms with Crippen LogP contribution in [0.3, 0.4) is 0 Å². The molecule has 0 aliphatic carbocycles. The molecule has 0 bridgehead atoms. The molecule has 40 heavy (non-hydrogen) atoms. The van der Waals surface area contributed by atoms with Gasteiger partial charge >= 0.3 is 5.97 Å². The van der Waals surface area contributed by atoms with E-state index < -0.39 is 5.97 Å². The molecule has 8 nitrogen and oxygen atoms in total. The van der Waals surface area contributed by atoms with Gasteiger partial charge < -0.3 is 14.6 Å². The molecule has 11 heteroatoms. The van der Waals surface area contributed by atoms with Crippen LogP contribution in [0.2, 0.25) is 5.02 Å². The summed E-state index contributed by atoms with van der Waals surface area (Å²) in [5.41, 5.74) is 1.88. The number of hydrogen-bond donors (Lipinski definition) is 1. The maximum Gasteiger partial charge on any atom is 0.335 e. The maximum atomic E-state index is 13.4. The van der Waals surface area contributed by atoms with Crippen molar-refractivity contribution in [1.82, 2.24) is 9.66 Å². The van der Waals surface area contributed by atoms with Gasteiger partial charge in [-0.25, -0.2) is 9.78 Å². The van der Waals surface area contributed by atoms with Crippen molar-refractivity contribution in [3.8, 4) is 11.5 Å². The van der Waals surface area contributed by atoms with E-state index in [0.717, 1.165) is 22.9 Å². The Morgan fingerprint density at radius 1 is 1.12 bits per heavy atom. The third kappa shape index (κ3) is 6.74. The summed E-state index contributed by atoms with van der Waals surface area (Å²) in [7, 11) is 0. The zero-order valence-electron chi connectivity index (χ0n) is 21.8. The lowest BCUT2D eigenvalue weighted by atomic mass is 10.1. The van der Waals surface area contributed by atoms with Crippen LogP contribution < -0.4 is 15.0 Å². The lowest BCUT2D eigenvalue weighted by molar-refractivity contribution is 0.0697. The fourth-order valence-corrected chi connectivity index (χ4v) is 4.94. The number of carboxylic acids is 1. The van der Waals surface area contributed by atoms with Crippen molar-refractivity contribution < 1.29 is 19.4 Å². The summed E-state index contributed by atoms with van der Waals surface area (Å²) < 4.78 is 14.4. The number of hydrogen-bond acceptors (Lipinski definition) is 6. The minimum atomic E-state index is -0.998. The predicted molar refractivity (Wildman–Crippen MR) is 163 cm³/mol. The number of carbonyl (C=O) groups is 1. The van der Waals surface area contributed by atoms with E-state index in [2.05, 4.69) is 43.9 Å². The summed E-state index contributed by atoms with van der Waals surface area (Å²) in [4.78, 5) is 29.2. The molecule has 1 N–H and O–H groups in total. The van der Waals surface area contributed by atoms with Gasteiger partial charge in [-0.05, 0) is 71.2 Å². The molecule has 0 radical (unpaired) electrons. The molecule has 3 aromatic carbocycles.